The van der Waals surface area contributed by atoms with Crippen LogP contribution in [-0.4, -0.2) is 5.11 Å². The van der Waals surface area contributed by atoms with Crippen LogP contribution in [0.25, 0.3) is 11.3 Å². The fraction of sp³-hybridized carbons (Fsp3) is 0.167. The maximum Gasteiger partial charge on any atom is 0.135 e. The van der Waals surface area contributed by atoms with Crippen molar-refractivity contribution in [1.82, 2.24) is 0 Å². The zero-order valence-corrected chi connectivity index (χ0v) is 10.2. The molecule has 1 aromatic heterocycles. The van der Waals surface area contributed by atoms with Crippen LogP contribution in [0.3, 0.4) is 0 Å². The molecular weight excluding hydrogens is 275 g/mol. The molecule has 2 rings (SSSR count). The standard InChI is InChI=1S/C12H10BrFO2/c1-7(15)11-4-5-12(16-11)9-3-2-8(14)6-10(9)13/h2-7,15H,1H3. The minimum absolute atomic E-state index is 0.307. The Hall–Kier alpha value is -1.13. The Balaban J connectivity index is 2.42. The number of aliphatic hydroxyl groups excluding tert-OH is 1. The maximum absolute atomic E-state index is 12.9. The van der Waals surface area contributed by atoms with E-state index in [1.54, 1.807) is 25.1 Å². The summed E-state index contributed by atoms with van der Waals surface area (Å²) in [7, 11) is 0. The van der Waals surface area contributed by atoms with E-state index in [0.717, 1.165) is 5.56 Å². The van der Waals surface area contributed by atoms with Crippen LogP contribution in [0.1, 0.15) is 18.8 Å². The lowest BCUT2D eigenvalue weighted by atomic mass is 10.2. The van der Waals surface area contributed by atoms with Crippen molar-refractivity contribution in [3.8, 4) is 11.3 Å². The molecule has 0 aliphatic carbocycles. The Morgan fingerprint density at radius 2 is 2.06 bits per heavy atom. The van der Waals surface area contributed by atoms with Crippen LogP contribution in [0.4, 0.5) is 4.39 Å². The van der Waals surface area contributed by atoms with Crippen molar-refractivity contribution in [2.24, 2.45) is 0 Å². The molecule has 2 aromatic rings. The van der Waals surface area contributed by atoms with Crippen LogP contribution in [0.5, 0.6) is 0 Å². The Bertz CT molecular complexity index is 505. The second-order valence-electron chi connectivity index (χ2n) is 3.50. The predicted octanol–water partition coefficient (Wildman–Crippen LogP) is 3.90. The highest BCUT2D eigenvalue weighted by Crippen LogP contribution is 2.31. The van der Waals surface area contributed by atoms with Gasteiger partial charge < -0.3 is 9.52 Å². The molecule has 0 radical (unpaired) electrons. The van der Waals surface area contributed by atoms with Crippen LogP contribution in [0.15, 0.2) is 39.2 Å². The normalized spacial score (nSPS) is 12.8. The Labute approximate surface area is 101 Å². The lowest BCUT2D eigenvalue weighted by Crippen LogP contribution is -1.85. The Morgan fingerprint density at radius 1 is 1.31 bits per heavy atom. The molecule has 1 N–H and O–H groups in total. The van der Waals surface area contributed by atoms with E-state index >= 15 is 0 Å². The first-order valence-corrected chi connectivity index (χ1v) is 5.60. The van der Waals surface area contributed by atoms with Crippen LogP contribution < -0.4 is 0 Å². The first-order chi connectivity index (χ1) is 7.58. The summed E-state index contributed by atoms with van der Waals surface area (Å²) in [6.07, 6.45) is -0.645. The van der Waals surface area contributed by atoms with E-state index in [-0.39, 0.29) is 5.82 Å². The summed E-state index contributed by atoms with van der Waals surface area (Å²) < 4.78 is 19.0. The number of benzene rings is 1. The summed E-state index contributed by atoms with van der Waals surface area (Å²) in [5, 5.41) is 9.33. The SMILES string of the molecule is CC(O)c1ccc(-c2ccc(F)cc2Br)o1. The van der Waals surface area contributed by atoms with Crippen molar-refractivity contribution in [2.75, 3.05) is 0 Å². The quantitative estimate of drug-likeness (QED) is 0.907. The van der Waals surface area contributed by atoms with Crippen LogP contribution in [-0.2, 0) is 0 Å². The van der Waals surface area contributed by atoms with Gasteiger partial charge in [-0.15, -0.1) is 0 Å². The minimum atomic E-state index is -0.645. The second-order valence-corrected chi connectivity index (χ2v) is 4.36. The molecule has 0 spiro atoms. The molecule has 0 fully saturated rings. The number of halogens is 2. The lowest BCUT2D eigenvalue weighted by Gasteiger charge is -2.02. The lowest BCUT2D eigenvalue weighted by molar-refractivity contribution is 0.170. The number of furan rings is 1. The van der Waals surface area contributed by atoms with E-state index in [2.05, 4.69) is 15.9 Å². The van der Waals surface area contributed by atoms with Gasteiger partial charge in [-0.2, -0.15) is 0 Å². The molecule has 1 heterocycles. The van der Waals surface area contributed by atoms with Gasteiger partial charge in [-0.1, -0.05) is 0 Å². The summed E-state index contributed by atoms with van der Waals surface area (Å²) >= 11 is 3.27. The van der Waals surface area contributed by atoms with Gasteiger partial charge in [0.25, 0.3) is 0 Å². The summed E-state index contributed by atoms with van der Waals surface area (Å²) in [4.78, 5) is 0. The fourth-order valence-electron chi connectivity index (χ4n) is 1.41. The average Bonchev–Trinajstić information content (AvgIpc) is 2.66. The van der Waals surface area contributed by atoms with Gasteiger partial charge in [-0.3, -0.25) is 0 Å². The monoisotopic (exact) mass is 284 g/mol. The molecule has 16 heavy (non-hydrogen) atoms. The van der Waals surface area contributed by atoms with Crippen LogP contribution >= 0.6 is 15.9 Å². The smallest absolute Gasteiger partial charge is 0.135 e. The first-order valence-electron chi connectivity index (χ1n) is 4.81. The molecule has 0 aliphatic rings. The van der Waals surface area contributed by atoms with Crippen molar-refractivity contribution in [3.63, 3.8) is 0 Å². The molecule has 1 aromatic carbocycles. The molecule has 0 bridgehead atoms. The second kappa shape index (κ2) is 4.39. The summed E-state index contributed by atoms with van der Waals surface area (Å²) in [6.45, 7) is 1.63. The van der Waals surface area contributed by atoms with E-state index < -0.39 is 6.10 Å². The van der Waals surface area contributed by atoms with Gasteiger partial charge in [0.05, 0.1) is 0 Å². The van der Waals surface area contributed by atoms with Gasteiger partial charge in [0, 0.05) is 10.0 Å². The third-order valence-corrected chi connectivity index (χ3v) is 2.89. The zero-order chi connectivity index (χ0) is 11.7. The van der Waals surface area contributed by atoms with Gasteiger partial charge in [0.2, 0.25) is 0 Å². The van der Waals surface area contributed by atoms with Gasteiger partial charge in [0.1, 0.15) is 23.4 Å². The van der Waals surface area contributed by atoms with Gasteiger partial charge >= 0.3 is 0 Å². The predicted molar refractivity (Wildman–Crippen MR) is 62.4 cm³/mol. The molecule has 0 saturated carbocycles. The molecule has 1 atom stereocenters. The molecule has 2 nitrogen and oxygen atoms in total. The van der Waals surface area contributed by atoms with Crippen molar-refractivity contribution in [2.45, 2.75) is 13.0 Å². The van der Waals surface area contributed by atoms with Crippen LogP contribution in [0, 0.1) is 5.82 Å². The number of hydrogen-bond donors (Lipinski definition) is 1. The number of aliphatic hydroxyl groups is 1. The first kappa shape index (κ1) is 11.4. The van der Waals surface area contributed by atoms with E-state index in [4.69, 9.17) is 4.42 Å². The summed E-state index contributed by atoms with van der Waals surface area (Å²) in [5.74, 6) is 0.784. The van der Waals surface area contributed by atoms with Gasteiger partial charge in [-0.25, -0.2) is 4.39 Å². The Kier molecular flexibility index (Phi) is 3.12. The van der Waals surface area contributed by atoms with E-state index in [1.807, 2.05) is 0 Å². The molecule has 0 saturated heterocycles. The zero-order valence-electron chi connectivity index (χ0n) is 8.58. The van der Waals surface area contributed by atoms with Gasteiger partial charge in [0.15, 0.2) is 0 Å². The summed E-state index contributed by atoms with van der Waals surface area (Å²) in [6, 6.07) is 7.82. The van der Waals surface area contributed by atoms with Crippen molar-refractivity contribution in [3.05, 3.63) is 46.4 Å². The van der Waals surface area contributed by atoms with E-state index in [0.29, 0.717) is 16.0 Å². The topological polar surface area (TPSA) is 33.4 Å². The summed E-state index contributed by atoms with van der Waals surface area (Å²) in [5.41, 5.74) is 0.758. The maximum atomic E-state index is 12.9. The fourth-order valence-corrected chi connectivity index (χ4v) is 1.96. The molecule has 0 aliphatic heterocycles. The Morgan fingerprint density at radius 3 is 2.62 bits per heavy atom. The van der Waals surface area contributed by atoms with Crippen molar-refractivity contribution < 1.29 is 13.9 Å². The average molecular weight is 285 g/mol. The third kappa shape index (κ3) is 2.18. The minimum Gasteiger partial charge on any atom is -0.458 e. The van der Waals surface area contributed by atoms with Crippen LogP contribution in [0.2, 0.25) is 0 Å². The highest BCUT2D eigenvalue weighted by molar-refractivity contribution is 9.10. The van der Waals surface area contributed by atoms with Crippen molar-refractivity contribution >= 4 is 15.9 Å². The van der Waals surface area contributed by atoms with E-state index in [1.165, 1.54) is 12.1 Å². The van der Waals surface area contributed by atoms with E-state index in [9.17, 15) is 9.50 Å². The highest BCUT2D eigenvalue weighted by atomic mass is 79.9. The molecule has 0 amide bonds. The number of rotatable bonds is 2. The third-order valence-electron chi connectivity index (χ3n) is 2.24. The largest absolute Gasteiger partial charge is 0.458 e. The van der Waals surface area contributed by atoms with Crippen molar-refractivity contribution in [1.29, 1.82) is 0 Å². The van der Waals surface area contributed by atoms with Gasteiger partial charge in [-0.05, 0) is 53.2 Å². The highest BCUT2D eigenvalue weighted by Gasteiger charge is 2.11. The molecule has 4 heteroatoms. The number of hydrogen-bond acceptors (Lipinski definition) is 2. The molecule has 1 unspecified atom stereocenters. The molecular formula is C12H10BrFO2. The molecule has 84 valence electrons.